The molecule has 0 saturated heterocycles. The summed E-state index contributed by atoms with van der Waals surface area (Å²) >= 11 is 0. The number of aryl methyl sites for hydroxylation is 1. The van der Waals surface area contributed by atoms with Gasteiger partial charge in [-0.3, -0.25) is 14.9 Å². The molecule has 0 aliphatic carbocycles. The monoisotopic (exact) mass is 310 g/mol. The molecule has 120 valence electrons. The second-order valence-electron chi connectivity index (χ2n) is 4.53. The number of hydrogen-bond acceptors (Lipinski definition) is 6. The Bertz CT molecular complexity index is 558. The van der Waals surface area contributed by atoms with Crippen LogP contribution in [-0.2, 0) is 14.3 Å². The molecule has 1 aromatic carbocycles. The summed E-state index contributed by atoms with van der Waals surface area (Å²) in [6.45, 7) is 2.09. The number of benzene rings is 1. The van der Waals surface area contributed by atoms with Crippen LogP contribution in [0.4, 0.5) is 5.69 Å². The van der Waals surface area contributed by atoms with Crippen LogP contribution in [0.1, 0.15) is 22.3 Å². The maximum atomic E-state index is 11.8. The number of nitrogens with zero attached hydrogens (tertiary/aromatic N) is 1. The van der Waals surface area contributed by atoms with Crippen molar-refractivity contribution in [1.29, 1.82) is 0 Å². The SMILES string of the molecule is COCCCNC(=O)COC(=O)c1ccc([N+](=O)[O-])c(C)c1. The second kappa shape index (κ2) is 8.73. The van der Waals surface area contributed by atoms with Crippen LogP contribution in [0, 0.1) is 17.0 Å². The first-order valence-electron chi connectivity index (χ1n) is 6.63. The molecule has 8 heteroatoms. The maximum absolute atomic E-state index is 11.8. The maximum Gasteiger partial charge on any atom is 0.338 e. The van der Waals surface area contributed by atoms with E-state index in [1.165, 1.54) is 25.1 Å². The lowest BCUT2D eigenvalue weighted by Crippen LogP contribution is -2.30. The summed E-state index contributed by atoms with van der Waals surface area (Å²) in [5.74, 6) is -1.12. The fraction of sp³-hybridized carbons (Fsp3) is 0.429. The van der Waals surface area contributed by atoms with E-state index >= 15 is 0 Å². The number of esters is 1. The number of nitro benzene ring substituents is 1. The second-order valence-corrected chi connectivity index (χ2v) is 4.53. The predicted molar refractivity (Wildman–Crippen MR) is 77.6 cm³/mol. The first-order chi connectivity index (χ1) is 10.5. The number of nitrogens with one attached hydrogen (secondary N) is 1. The lowest BCUT2D eigenvalue weighted by Gasteiger charge is -2.07. The Kier molecular flexibility index (Phi) is 6.97. The molecule has 0 atom stereocenters. The van der Waals surface area contributed by atoms with E-state index in [1.54, 1.807) is 7.11 Å². The molecule has 1 N–H and O–H groups in total. The van der Waals surface area contributed by atoms with Gasteiger partial charge in [0.15, 0.2) is 6.61 Å². The number of rotatable bonds is 8. The number of amides is 1. The Morgan fingerprint density at radius 1 is 1.36 bits per heavy atom. The molecule has 0 heterocycles. The van der Waals surface area contributed by atoms with Gasteiger partial charge in [0.25, 0.3) is 11.6 Å². The normalized spacial score (nSPS) is 10.1. The van der Waals surface area contributed by atoms with E-state index in [9.17, 15) is 19.7 Å². The van der Waals surface area contributed by atoms with Gasteiger partial charge < -0.3 is 14.8 Å². The third-order valence-electron chi connectivity index (χ3n) is 2.81. The van der Waals surface area contributed by atoms with E-state index in [-0.39, 0.29) is 11.3 Å². The lowest BCUT2D eigenvalue weighted by atomic mass is 10.1. The molecular weight excluding hydrogens is 292 g/mol. The highest BCUT2D eigenvalue weighted by Gasteiger charge is 2.15. The molecule has 0 fully saturated rings. The summed E-state index contributed by atoms with van der Waals surface area (Å²) in [4.78, 5) is 33.4. The summed E-state index contributed by atoms with van der Waals surface area (Å²) < 4.78 is 9.68. The minimum Gasteiger partial charge on any atom is -0.452 e. The van der Waals surface area contributed by atoms with Gasteiger partial charge in [-0.1, -0.05) is 0 Å². The summed E-state index contributed by atoms with van der Waals surface area (Å²) in [7, 11) is 1.57. The van der Waals surface area contributed by atoms with Gasteiger partial charge in [0.05, 0.1) is 10.5 Å². The summed E-state index contributed by atoms with van der Waals surface area (Å²) in [6.07, 6.45) is 0.664. The Morgan fingerprint density at radius 3 is 2.68 bits per heavy atom. The Balaban J connectivity index is 2.47. The molecule has 0 aliphatic heterocycles. The Hall–Kier alpha value is -2.48. The lowest BCUT2D eigenvalue weighted by molar-refractivity contribution is -0.385. The van der Waals surface area contributed by atoms with Gasteiger partial charge in [0.2, 0.25) is 0 Å². The number of carbonyl (C=O) groups excluding carboxylic acids is 2. The van der Waals surface area contributed by atoms with Crippen molar-refractivity contribution in [2.75, 3.05) is 26.9 Å². The highest BCUT2D eigenvalue weighted by molar-refractivity contribution is 5.91. The molecule has 1 amide bonds. The number of hydrogen-bond donors (Lipinski definition) is 1. The van der Waals surface area contributed by atoms with Crippen LogP contribution in [0.3, 0.4) is 0 Å². The highest BCUT2D eigenvalue weighted by atomic mass is 16.6. The van der Waals surface area contributed by atoms with Crippen molar-refractivity contribution in [1.82, 2.24) is 5.32 Å². The number of methoxy groups -OCH3 is 1. The molecule has 22 heavy (non-hydrogen) atoms. The molecule has 0 unspecified atom stereocenters. The summed E-state index contributed by atoms with van der Waals surface area (Å²) in [5.41, 5.74) is 0.436. The fourth-order valence-electron chi connectivity index (χ4n) is 1.70. The third kappa shape index (κ3) is 5.49. The zero-order valence-corrected chi connectivity index (χ0v) is 12.5. The number of carbonyl (C=O) groups is 2. The van der Waals surface area contributed by atoms with Crippen LogP contribution in [-0.4, -0.2) is 43.7 Å². The molecule has 0 aromatic heterocycles. The molecule has 0 spiro atoms. The summed E-state index contributed by atoms with van der Waals surface area (Å²) in [6, 6.07) is 3.89. The first kappa shape index (κ1) is 17.6. The fourth-order valence-corrected chi connectivity index (χ4v) is 1.70. The standard InChI is InChI=1S/C14H18N2O6/c1-10-8-11(4-5-12(10)16(19)20)14(18)22-9-13(17)15-6-3-7-21-2/h4-5,8H,3,6-7,9H2,1-2H3,(H,15,17). The van der Waals surface area contributed by atoms with E-state index in [2.05, 4.69) is 5.32 Å². The van der Waals surface area contributed by atoms with Gasteiger partial charge in [0, 0.05) is 31.9 Å². The van der Waals surface area contributed by atoms with E-state index in [1.807, 2.05) is 0 Å². The first-order valence-corrected chi connectivity index (χ1v) is 6.63. The molecular formula is C14H18N2O6. The molecule has 1 rings (SSSR count). The van der Waals surface area contributed by atoms with Crippen LogP contribution in [0.5, 0.6) is 0 Å². The van der Waals surface area contributed by atoms with E-state index in [4.69, 9.17) is 9.47 Å². The van der Waals surface area contributed by atoms with Crippen LogP contribution in [0.15, 0.2) is 18.2 Å². The van der Waals surface area contributed by atoms with Crippen molar-refractivity contribution in [3.8, 4) is 0 Å². The highest BCUT2D eigenvalue weighted by Crippen LogP contribution is 2.19. The van der Waals surface area contributed by atoms with Crippen molar-refractivity contribution in [2.45, 2.75) is 13.3 Å². The molecule has 0 radical (unpaired) electrons. The largest absolute Gasteiger partial charge is 0.452 e. The van der Waals surface area contributed by atoms with Gasteiger partial charge in [-0.25, -0.2) is 4.79 Å². The van der Waals surface area contributed by atoms with Crippen molar-refractivity contribution in [3.05, 3.63) is 39.4 Å². The zero-order valence-electron chi connectivity index (χ0n) is 12.5. The minimum atomic E-state index is -0.704. The minimum absolute atomic E-state index is 0.0764. The van der Waals surface area contributed by atoms with Gasteiger partial charge in [-0.2, -0.15) is 0 Å². The van der Waals surface area contributed by atoms with Gasteiger partial charge in [-0.05, 0) is 25.5 Å². The van der Waals surface area contributed by atoms with E-state index in [0.717, 1.165) is 0 Å². The molecule has 8 nitrogen and oxygen atoms in total. The molecule has 0 bridgehead atoms. The Labute approximate surface area is 127 Å². The molecule has 1 aromatic rings. The summed E-state index contributed by atoms with van der Waals surface area (Å²) in [5, 5.41) is 13.3. The molecule has 0 saturated carbocycles. The van der Waals surface area contributed by atoms with Gasteiger partial charge in [-0.15, -0.1) is 0 Å². The van der Waals surface area contributed by atoms with Crippen molar-refractivity contribution in [2.24, 2.45) is 0 Å². The van der Waals surface area contributed by atoms with Crippen molar-refractivity contribution < 1.29 is 24.0 Å². The van der Waals surface area contributed by atoms with E-state index < -0.39 is 23.4 Å². The zero-order chi connectivity index (χ0) is 16.5. The van der Waals surface area contributed by atoms with Crippen LogP contribution < -0.4 is 5.32 Å². The van der Waals surface area contributed by atoms with Crippen LogP contribution >= 0.6 is 0 Å². The van der Waals surface area contributed by atoms with Crippen LogP contribution in [0.2, 0.25) is 0 Å². The number of ether oxygens (including phenoxy) is 2. The molecule has 0 aliphatic rings. The van der Waals surface area contributed by atoms with Gasteiger partial charge >= 0.3 is 5.97 Å². The predicted octanol–water partition coefficient (Wildman–Crippen LogP) is 1.21. The van der Waals surface area contributed by atoms with E-state index in [0.29, 0.717) is 25.1 Å². The van der Waals surface area contributed by atoms with Crippen molar-refractivity contribution in [3.63, 3.8) is 0 Å². The van der Waals surface area contributed by atoms with Crippen molar-refractivity contribution >= 4 is 17.6 Å². The van der Waals surface area contributed by atoms with Crippen LogP contribution in [0.25, 0.3) is 0 Å². The third-order valence-corrected chi connectivity index (χ3v) is 2.81. The quantitative estimate of drug-likeness (QED) is 0.335. The average Bonchev–Trinajstić information content (AvgIpc) is 2.48. The smallest absolute Gasteiger partial charge is 0.338 e. The Morgan fingerprint density at radius 2 is 2.09 bits per heavy atom. The number of nitro groups is 1. The topological polar surface area (TPSA) is 108 Å². The average molecular weight is 310 g/mol. The van der Waals surface area contributed by atoms with Gasteiger partial charge in [0.1, 0.15) is 0 Å².